The number of hydrogen-bond acceptors (Lipinski definition) is 1. The van der Waals surface area contributed by atoms with E-state index in [0.29, 0.717) is 6.17 Å². The molecule has 1 atom stereocenters. The monoisotopic (exact) mass is 219 g/mol. The Morgan fingerprint density at radius 3 is 2.56 bits per heavy atom. The molecular weight excluding hydrogens is 196 g/mol. The molecule has 1 aromatic rings. The SMILES string of the molecule is Cc1ccc(CN2CCCC2[NH+](C)C)cc1. The first-order valence-corrected chi connectivity index (χ1v) is 6.26. The van der Waals surface area contributed by atoms with Crippen LogP contribution in [0.1, 0.15) is 24.0 Å². The van der Waals surface area contributed by atoms with Crippen molar-refractivity contribution in [3.63, 3.8) is 0 Å². The average Bonchev–Trinajstić information content (AvgIpc) is 2.69. The summed E-state index contributed by atoms with van der Waals surface area (Å²) in [5, 5.41) is 0. The second-order valence-corrected chi connectivity index (χ2v) is 5.19. The third-order valence-corrected chi connectivity index (χ3v) is 3.54. The molecule has 0 spiro atoms. The molecule has 1 aliphatic rings. The lowest BCUT2D eigenvalue weighted by atomic mass is 10.1. The van der Waals surface area contributed by atoms with E-state index in [1.165, 1.54) is 30.5 Å². The Balaban J connectivity index is 2.01. The van der Waals surface area contributed by atoms with Gasteiger partial charge >= 0.3 is 0 Å². The van der Waals surface area contributed by atoms with Gasteiger partial charge < -0.3 is 4.90 Å². The molecule has 0 aliphatic carbocycles. The van der Waals surface area contributed by atoms with Gasteiger partial charge in [-0.05, 0) is 18.9 Å². The highest BCUT2D eigenvalue weighted by atomic mass is 15.3. The Kier molecular flexibility index (Phi) is 3.62. The number of benzene rings is 1. The summed E-state index contributed by atoms with van der Waals surface area (Å²) >= 11 is 0. The molecule has 0 aromatic heterocycles. The minimum absolute atomic E-state index is 0.710. The third-order valence-electron chi connectivity index (χ3n) is 3.54. The van der Waals surface area contributed by atoms with Crippen LogP contribution in [0, 0.1) is 6.92 Å². The predicted octanol–water partition coefficient (Wildman–Crippen LogP) is 1.06. The highest BCUT2D eigenvalue weighted by Crippen LogP contribution is 2.16. The molecule has 2 rings (SSSR count). The number of aryl methyl sites for hydroxylation is 1. The summed E-state index contributed by atoms with van der Waals surface area (Å²) in [7, 11) is 4.52. The van der Waals surface area contributed by atoms with Gasteiger partial charge in [0.1, 0.15) is 6.17 Å². The van der Waals surface area contributed by atoms with Crippen molar-refractivity contribution in [2.24, 2.45) is 0 Å². The van der Waals surface area contributed by atoms with Gasteiger partial charge in [-0.2, -0.15) is 0 Å². The van der Waals surface area contributed by atoms with Gasteiger partial charge in [-0.25, -0.2) is 4.90 Å². The van der Waals surface area contributed by atoms with Crippen molar-refractivity contribution >= 4 is 0 Å². The molecule has 1 aromatic carbocycles. The number of likely N-dealkylation sites (tertiary alicyclic amines) is 1. The fourth-order valence-electron chi connectivity index (χ4n) is 2.60. The van der Waals surface area contributed by atoms with E-state index in [-0.39, 0.29) is 0 Å². The molecule has 0 bridgehead atoms. The maximum atomic E-state index is 2.61. The zero-order valence-electron chi connectivity index (χ0n) is 10.7. The van der Waals surface area contributed by atoms with Crippen molar-refractivity contribution in [1.82, 2.24) is 4.90 Å². The summed E-state index contributed by atoms with van der Waals surface area (Å²) in [6.45, 7) is 4.51. The first-order valence-electron chi connectivity index (χ1n) is 6.26. The van der Waals surface area contributed by atoms with Gasteiger partial charge in [-0.3, -0.25) is 0 Å². The Labute approximate surface area is 98.9 Å². The van der Waals surface area contributed by atoms with Crippen molar-refractivity contribution in [3.05, 3.63) is 35.4 Å². The third kappa shape index (κ3) is 2.63. The molecule has 1 heterocycles. The van der Waals surface area contributed by atoms with Crippen LogP contribution in [0.4, 0.5) is 0 Å². The first kappa shape index (κ1) is 11.6. The van der Waals surface area contributed by atoms with Gasteiger partial charge in [0.05, 0.1) is 14.1 Å². The molecule has 16 heavy (non-hydrogen) atoms. The van der Waals surface area contributed by atoms with Crippen LogP contribution in [0.25, 0.3) is 0 Å². The van der Waals surface area contributed by atoms with E-state index in [4.69, 9.17) is 0 Å². The van der Waals surface area contributed by atoms with Gasteiger partial charge in [0.15, 0.2) is 0 Å². The van der Waals surface area contributed by atoms with Crippen LogP contribution in [0.15, 0.2) is 24.3 Å². The maximum Gasteiger partial charge on any atom is 0.143 e. The van der Waals surface area contributed by atoms with Crippen molar-refractivity contribution in [2.75, 3.05) is 20.6 Å². The highest BCUT2D eigenvalue weighted by Gasteiger charge is 2.28. The van der Waals surface area contributed by atoms with Crippen molar-refractivity contribution in [1.29, 1.82) is 0 Å². The van der Waals surface area contributed by atoms with Gasteiger partial charge in [0.25, 0.3) is 0 Å². The first-order chi connectivity index (χ1) is 7.66. The Hall–Kier alpha value is -0.860. The van der Waals surface area contributed by atoms with Crippen LogP contribution in [-0.2, 0) is 6.54 Å². The van der Waals surface area contributed by atoms with Gasteiger partial charge in [-0.1, -0.05) is 29.8 Å². The lowest BCUT2D eigenvalue weighted by Crippen LogP contribution is -3.11. The van der Waals surface area contributed by atoms with Crippen LogP contribution < -0.4 is 4.90 Å². The molecule has 1 fully saturated rings. The average molecular weight is 219 g/mol. The smallest absolute Gasteiger partial charge is 0.143 e. The van der Waals surface area contributed by atoms with Gasteiger partial charge in [0, 0.05) is 19.5 Å². The van der Waals surface area contributed by atoms with Gasteiger partial charge in [0.2, 0.25) is 0 Å². The lowest BCUT2D eigenvalue weighted by molar-refractivity contribution is -0.897. The fourth-order valence-corrected chi connectivity index (χ4v) is 2.60. The van der Waals surface area contributed by atoms with Gasteiger partial charge in [-0.15, -0.1) is 0 Å². The molecule has 0 radical (unpaired) electrons. The standard InChI is InChI=1S/C14H22N2/c1-12-6-8-13(9-7-12)11-16-10-4-5-14(16)15(2)3/h6-9,14H,4-5,10-11H2,1-3H3/p+1. The molecule has 88 valence electrons. The molecule has 0 saturated carbocycles. The van der Waals surface area contributed by atoms with E-state index < -0.39 is 0 Å². The van der Waals surface area contributed by atoms with E-state index in [9.17, 15) is 0 Å². The Morgan fingerprint density at radius 1 is 1.25 bits per heavy atom. The molecule has 2 nitrogen and oxygen atoms in total. The second kappa shape index (κ2) is 4.98. The normalized spacial score (nSPS) is 21.9. The number of quaternary nitrogens is 1. The summed E-state index contributed by atoms with van der Waals surface area (Å²) in [6, 6.07) is 8.94. The van der Waals surface area contributed by atoms with Crippen LogP contribution in [-0.4, -0.2) is 31.7 Å². The zero-order chi connectivity index (χ0) is 11.5. The number of nitrogens with one attached hydrogen (secondary N) is 1. The van der Waals surface area contributed by atoms with Crippen LogP contribution in [0.2, 0.25) is 0 Å². The summed E-state index contributed by atoms with van der Waals surface area (Å²) in [5.74, 6) is 0. The van der Waals surface area contributed by atoms with Crippen LogP contribution >= 0.6 is 0 Å². The summed E-state index contributed by atoms with van der Waals surface area (Å²) in [5.41, 5.74) is 2.79. The highest BCUT2D eigenvalue weighted by molar-refractivity contribution is 5.21. The molecule has 1 aliphatic heterocycles. The maximum absolute atomic E-state index is 2.61. The number of nitrogens with zero attached hydrogens (tertiary/aromatic N) is 1. The molecular formula is C14H23N2+. The minimum Gasteiger partial charge on any atom is -0.325 e. The van der Waals surface area contributed by atoms with E-state index in [2.05, 4.69) is 50.2 Å². The molecule has 1 unspecified atom stereocenters. The van der Waals surface area contributed by atoms with E-state index in [0.717, 1.165) is 6.54 Å². The summed E-state index contributed by atoms with van der Waals surface area (Å²) in [4.78, 5) is 4.17. The lowest BCUT2D eigenvalue weighted by Gasteiger charge is -2.26. The zero-order valence-corrected chi connectivity index (χ0v) is 10.7. The molecule has 2 heteroatoms. The topological polar surface area (TPSA) is 7.68 Å². The molecule has 1 saturated heterocycles. The number of hydrogen-bond donors (Lipinski definition) is 1. The molecule has 0 amide bonds. The largest absolute Gasteiger partial charge is 0.325 e. The minimum atomic E-state index is 0.710. The van der Waals surface area contributed by atoms with Crippen molar-refractivity contribution < 1.29 is 4.90 Å². The van der Waals surface area contributed by atoms with Crippen molar-refractivity contribution in [3.8, 4) is 0 Å². The predicted molar refractivity (Wildman–Crippen MR) is 67.4 cm³/mol. The second-order valence-electron chi connectivity index (χ2n) is 5.19. The van der Waals surface area contributed by atoms with E-state index >= 15 is 0 Å². The summed E-state index contributed by atoms with van der Waals surface area (Å²) in [6.07, 6.45) is 3.40. The summed E-state index contributed by atoms with van der Waals surface area (Å²) < 4.78 is 0. The van der Waals surface area contributed by atoms with E-state index in [1.54, 1.807) is 4.90 Å². The van der Waals surface area contributed by atoms with Crippen molar-refractivity contribution in [2.45, 2.75) is 32.5 Å². The Morgan fingerprint density at radius 2 is 1.94 bits per heavy atom. The fraction of sp³-hybridized carbons (Fsp3) is 0.571. The quantitative estimate of drug-likeness (QED) is 0.799. The Bertz CT molecular complexity index is 329. The molecule has 1 N–H and O–H groups in total. The number of rotatable bonds is 3. The van der Waals surface area contributed by atoms with Crippen LogP contribution in [0.5, 0.6) is 0 Å². The van der Waals surface area contributed by atoms with E-state index in [1.807, 2.05) is 0 Å². The van der Waals surface area contributed by atoms with Crippen LogP contribution in [0.3, 0.4) is 0 Å².